The van der Waals surface area contributed by atoms with Crippen molar-refractivity contribution in [3.8, 4) is 16.9 Å². The van der Waals surface area contributed by atoms with Crippen LogP contribution in [0.4, 0.5) is 18.9 Å². The standard InChI is InChI=1S/C29H28F3NO5S/c1-19-15-23(10-12-26(19)38-17-27(34)35)39(36,37)33-18-28(13-3-2-4-14-28)24-16-21(7-11-25(24)33)20-5-8-22(9-6-20)29(30,31)32/h5-12,15-16H,2-4,13-14,17-18H2,1H3,(H,34,35). The molecule has 5 rings (SSSR count). The minimum absolute atomic E-state index is 0.0771. The molecule has 1 spiro atoms. The van der Waals surface area contributed by atoms with Crippen LogP contribution in [0.25, 0.3) is 11.1 Å². The Balaban J connectivity index is 1.53. The van der Waals surface area contributed by atoms with Crippen molar-refractivity contribution < 1.29 is 36.2 Å². The minimum Gasteiger partial charge on any atom is -0.482 e. The molecule has 2 aliphatic rings. The van der Waals surface area contributed by atoms with Crippen LogP contribution in [0, 0.1) is 6.92 Å². The monoisotopic (exact) mass is 559 g/mol. The highest BCUT2D eigenvalue weighted by molar-refractivity contribution is 7.92. The SMILES string of the molecule is Cc1cc(S(=O)(=O)N2CC3(CCCCC3)c3cc(-c4ccc(C(F)(F)F)cc4)ccc32)ccc1OCC(=O)O. The molecule has 1 heterocycles. The van der Waals surface area contributed by atoms with Crippen molar-refractivity contribution in [3.05, 3.63) is 77.4 Å². The van der Waals surface area contributed by atoms with Crippen molar-refractivity contribution in [3.63, 3.8) is 0 Å². The lowest BCUT2D eigenvalue weighted by atomic mass is 9.70. The van der Waals surface area contributed by atoms with Crippen LogP contribution in [0.1, 0.15) is 48.8 Å². The van der Waals surface area contributed by atoms with Crippen LogP contribution in [-0.4, -0.2) is 32.6 Å². The van der Waals surface area contributed by atoms with Gasteiger partial charge in [-0.3, -0.25) is 4.31 Å². The Morgan fingerprint density at radius 2 is 1.64 bits per heavy atom. The number of carboxylic acid groups (broad SMARTS) is 1. The fourth-order valence-electron chi connectivity index (χ4n) is 5.74. The summed E-state index contributed by atoms with van der Waals surface area (Å²) in [7, 11) is -3.96. The first-order valence-electron chi connectivity index (χ1n) is 12.7. The van der Waals surface area contributed by atoms with E-state index >= 15 is 0 Å². The zero-order valence-corrected chi connectivity index (χ0v) is 22.1. The quantitative estimate of drug-likeness (QED) is 0.370. The number of nitrogens with zero attached hydrogens (tertiary/aromatic N) is 1. The summed E-state index contributed by atoms with van der Waals surface area (Å²) in [6.45, 7) is 1.42. The van der Waals surface area contributed by atoms with Crippen LogP contribution in [0.3, 0.4) is 0 Å². The highest BCUT2D eigenvalue weighted by Gasteiger charge is 2.47. The normalized spacial score (nSPS) is 16.8. The summed E-state index contributed by atoms with van der Waals surface area (Å²) in [5.74, 6) is -0.837. The number of hydrogen-bond acceptors (Lipinski definition) is 4. The smallest absolute Gasteiger partial charge is 0.416 e. The molecule has 206 valence electrons. The van der Waals surface area contributed by atoms with Gasteiger partial charge in [-0.05, 0) is 84.5 Å². The lowest BCUT2D eigenvalue weighted by Gasteiger charge is -2.34. The number of halogens is 3. The molecule has 3 aromatic carbocycles. The van der Waals surface area contributed by atoms with Crippen molar-refractivity contribution in [2.45, 2.75) is 55.5 Å². The first-order valence-corrected chi connectivity index (χ1v) is 14.1. The van der Waals surface area contributed by atoms with Gasteiger partial charge in [0.05, 0.1) is 16.1 Å². The number of carboxylic acids is 1. The van der Waals surface area contributed by atoms with Crippen LogP contribution in [0.5, 0.6) is 5.75 Å². The van der Waals surface area contributed by atoms with Crippen LogP contribution in [0.15, 0.2) is 65.6 Å². The largest absolute Gasteiger partial charge is 0.482 e. The Morgan fingerprint density at radius 1 is 0.974 bits per heavy atom. The highest BCUT2D eigenvalue weighted by atomic mass is 32.2. The topological polar surface area (TPSA) is 83.9 Å². The molecule has 1 aliphatic heterocycles. The third kappa shape index (κ3) is 5.09. The van der Waals surface area contributed by atoms with E-state index in [-0.39, 0.29) is 16.9 Å². The Morgan fingerprint density at radius 3 is 2.26 bits per heavy atom. The van der Waals surface area contributed by atoms with Gasteiger partial charge in [0.1, 0.15) is 5.75 Å². The van der Waals surface area contributed by atoms with E-state index < -0.39 is 34.3 Å². The Hall–Kier alpha value is -3.53. The number of anilines is 1. The molecule has 39 heavy (non-hydrogen) atoms. The van der Waals surface area contributed by atoms with Gasteiger partial charge in [0, 0.05) is 12.0 Å². The van der Waals surface area contributed by atoms with Crippen molar-refractivity contribution in [2.75, 3.05) is 17.5 Å². The number of aryl methyl sites for hydroxylation is 1. The molecule has 0 atom stereocenters. The van der Waals surface area contributed by atoms with E-state index in [0.717, 1.165) is 55.4 Å². The zero-order valence-electron chi connectivity index (χ0n) is 21.3. The molecule has 3 aromatic rings. The second-order valence-electron chi connectivity index (χ2n) is 10.3. The first kappa shape index (κ1) is 27.1. The molecule has 1 aliphatic carbocycles. The van der Waals surface area contributed by atoms with Gasteiger partial charge in [0.2, 0.25) is 0 Å². The summed E-state index contributed by atoms with van der Waals surface area (Å²) < 4.78 is 73.7. The first-order chi connectivity index (χ1) is 18.4. The molecular formula is C29H28F3NO5S. The van der Waals surface area contributed by atoms with Gasteiger partial charge in [-0.15, -0.1) is 0 Å². The molecule has 1 N–H and O–H groups in total. The molecule has 1 saturated carbocycles. The fourth-order valence-corrected chi connectivity index (χ4v) is 7.39. The van der Waals surface area contributed by atoms with E-state index in [2.05, 4.69) is 0 Å². The van der Waals surface area contributed by atoms with Gasteiger partial charge < -0.3 is 9.84 Å². The maximum atomic E-state index is 13.9. The molecule has 10 heteroatoms. The second-order valence-corrected chi connectivity index (χ2v) is 12.1. The summed E-state index contributed by atoms with van der Waals surface area (Å²) in [6, 6.07) is 14.8. The van der Waals surface area contributed by atoms with Crippen LogP contribution in [0.2, 0.25) is 0 Å². The van der Waals surface area contributed by atoms with E-state index in [4.69, 9.17) is 9.84 Å². The molecule has 0 bridgehead atoms. The summed E-state index contributed by atoms with van der Waals surface area (Å²) in [6.07, 6.45) is 0.224. The Bertz CT molecular complexity index is 1510. The summed E-state index contributed by atoms with van der Waals surface area (Å²) in [4.78, 5) is 10.9. The van der Waals surface area contributed by atoms with E-state index in [9.17, 15) is 26.4 Å². The van der Waals surface area contributed by atoms with E-state index in [0.29, 0.717) is 22.6 Å². The van der Waals surface area contributed by atoms with E-state index in [1.807, 2.05) is 6.07 Å². The lowest BCUT2D eigenvalue weighted by molar-refractivity contribution is -0.139. The van der Waals surface area contributed by atoms with Gasteiger partial charge in [-0.25, -0.2) is 13.2 Å². The number of aliphatic carboxylic acids is 1. The molecule has 0 radical (unpaired) electrons. The van der Waals surface area contributed by atoms with E-state index in [1.165, 1.54) is 34.6 Å². The van der Waals surface area contributed by atoms with Crippen molar-refractivity contribution in [2.24, 2.45) is 0 Å². The second kappa shape index (κ2) is 9.89. The van der Waals surface area contributed by atoms with Gasteiger partial charge in [-0.1, -0.05) is 37.5 Å². The van der Waals surface area contributed by atoms with Gasteiger partial charge in [-0.2, -0.15) is 13.2 Å². The predicted molar refractivity (Wildman–Crippen MR) is 140 cm³/mol. The molecule has 1 fully saturated rings. The molecule has 0 amide bonds. The predicted octanol–water partition coefficient (Wildman–Crippen LogP) is 6.56. The number of sulfonamides is 1. The van der Waals surface area contributed by atoms with Crippen molar-refractivity contribution >= 4 is 21.7 Å². The summed E-state index contributed by atoms with van der Waals surface area (Å²) in [5, 5.41) is 8.87. The number of hydrogen-bond donors (Lipinski definition) is 1. The molecule has 0 unspecified atom stereocenters. The molecular weight excluding hydrogens is 531 g/mol. The average Bonchev–Trinajstić information content (AvgIpc) is 3.21. The Kier molecular flexibility index (Phi) is 6.86. The van der Waals surface area contributed by atoms with Gasteiger partial charge >= 0.3 is 12.1 Å². The number of ether oxygens (including phenoxy) is 1. The number of fused-ring (bicyclic) bond motifs is 2. The lowest BCUT2D eigenvalue weighted by Crippen LogP contribution is -2.38. The molecule has 6 nitrogen and oxygen atoms in total. The van der Waals surface area contributed by atoms with Gasteiger partial charge in [0.15, 0.2) is 6.61 Å². The summed E-state index contributed by atoms with van der Waals surface area (Å²) in [5.41, 5.74) is 2.26. The van der Waals surface area contributed by atoms with Crippen molar-refractivity contribution in [1.29, 1.82) is 0 Å². The fraction of sp³-hybridized carbons (Fsp3) is 0.345. The Labute approximate surface area is 225 Å². The van der Waals surface area contributed by atoms with Gasteiger partial charge in [0.25, 0.3) is 10.0 Å². The third-order valence-electron chi connectivity index (χ3n) is 7.72. The number of alkyl halides is 3. The van der Waals surface area contributed by atoms with Crippen LogP contribution >= 0.6 is 0 Å². The molecule has 0 aromatic heterocycles. The number of rotatable bonds is 6. The average molecular weight is 560 g/mol. The summed E-state index contributed by atoms with van der Waals surface area (Å²) >= 11 is 0. The maximum Gasteiger partial charge on any atom is 0.416 e. The zero-order chi connectivity index (χ0) is 28.0. The van der Waals surface area contributed by atoms with Crippen LogP contribution < -0.4 is 9.04 Å². The number of benzene rings is 3. The van der Waals surface area contributed by atoms with Crippen LogP contribution in [-0.2, 0) is 26.4 Å². The van der Waals surface area contributed by atoms with E-state index in [1.54, 1.807) is 19.1 Å². The highest BCUT2D eigenvalue weighted by Crippen LogP contribution is 2.52. The maximum absolute atomic E-state index is 13.9. The number of carbonyl (C=O) groups is 1. The minimum atomic E-state index is -4.42. The third-order valence-corrected chi connectivity index (χ3v) is 9.48. The van der Waals surface area contributed by atoms with Crippen molar-refractivity contribution in [1.82, 2.24) is 0 Å². The molecule has 0 saturated heterocycles.